The zero-order valence-corrected chi connectivity index (χ0v) is 15.6. The molecule has 5 nitrogen and oxygen atoms in total. The molecular weight excluding hydrogens is 340 g/mol. The minimum Gasteiger partial charge on any atom is -0.496 e. The first-order valence-corrected chi connectivity index (χ1v) is 8.31. The van der Waals surface area contributed by atoms with Crippen LogP contribution in [0.2, 0.25) is 5.02 Å². The summed E-state index contributed by atoms with van der Waals surface area (Å²) in [6, 6.07) is 12.6. The molecule has 0 aliphatic rings. The number of carbonyl (C=O) groups is 1. The molecule has 1 atom stereocenters. The summed E-state index contributed by atoms with van der Waals surface area (Å²) < 4.78 is 10.7. The van der Waals surface area contributed by atoms with Gasteiger partial charge in [-0.25, -0.2) is 4.79 Å². The molecule has 0 radical (unpaired) electrons. The average Bonchev–Trinajstić information content (AvgIpc) is 2.64. The number of halogens is 1. The second-order valence-electron chi connectivity index (χ2n) is 5.64. The summed E-state index contributed by atoms with van der Waals surface area (Å²) in [6.07, 6.45) is 0. The minimum atomic E-state index is -0.194. The fourth-order valence-electron chi connectivity index (χ4n) is 2.58. The summed E-state index contributed by atoms with van der Waals surface area (Å²) in [4.78, 5) is 14.1. The molecule has 0 bridgehead atoms. The summed E-state index contributed by atoms with van der Waals surface area (Å²) >= 11 is 6.02. The molecule has 0 aromatic heterocycles. The van der Waals surface area contributed by atoms with Crippen molar-refractivity contribution in [2.24, 2.45) is 0 Å². The highest BCUT2D eigenvalue weighted by atomic mass is 35.5. The summed E-state index contributed by atoms with van der Waals surface area (Å²) in [6.45, 7) is 2.28. The van der Waals surface area contributed by atoms with Crippen LogP contribution < -0.4 is 14.8 Å². The van der Waals surface area contributed by atoms with E-state index < -0.39 is 0 Å². The second-order valence-corrected chi connectivity index (χ2v) is 6.08. The molecule has 6 heteroatoms. The van der Waals surface area contributed by atoms with E-state index >= 15 is 0 Å². The Morgan fingerprint density at radius 2 is 1.84 bits per heavy atom. The van der Waals surface area contributed by atoms with Crippen molar-refractivity contribution in [3.63, 3.8) is 0 Å². The Morgan fingerprint density at radius 3 is 2.52 bits per heavy atom. The predicted octanol–water partition coefficient (Wildman–Crippen LogP) is 4.26. The van der Waals surface area contributed by atoms with Crippen LogP contribution in [0.1, 0.15) is 24.1 Å². The molecule has 134 valence electrons. The first-order chi connectivity index (χ1) is 12.0. The fourth-order valence-corrected chi connectivity index (χ4v) is 2.77. The number of rotatable bonds is 6. The Hall–Kier alpha value is -2.40. The molecule has 0 spiro atoms. The summed E-state index contributed by atoms with van der Waals surface area (Å²) in [5, 5.41) is 3.49. The zero-order valence-electron chi connectivity index (χ0n) is 14.9. The first-order valence-electron chi connectivity index (χ1n) is 7.94. The van der Waals surface area contributed by atoms with Gasteiger partial charge in [-0.3, -0.25) is 0 Å². The SMILES string of the molecule is COc1ccc(Cl)cc1CNC(=O)N(C)C(C)c1ccccc1OC. The van der Waals surface area contributed by atoms with Crippen molar-refractivity contribution in [1.82, 2.24) is 10.2 Å². The zero-order chi connectivity index (χ0) is 18.4. The lowest BCUT2D eigenvalue weighted by Crippen LogP contribution is -2.38. The molecule has 1 unspecified atom stereocenters. The van der Waals surface area contributed by atoms with Crippen LogP contribution in [0.4, 0.5) is 4.79 Å². The number of benzene rings is 2. The van der Waals surface area contributed by atoms with Crippen molar-refractivity contribution < 1.29 is 14.3 Å². The van der Waals surface area contributed by atoms with Crippen molar-refractivity contribution in [3.8, 4) is 11.5 Å². The lowest BCUT2D eigenvalue weighted by Gasteiger charge is -2.27. The number of ether oxygens (including phenoxy) is 2. The summed E-state index contributed by atoms with van der Waals surface area (Å²) in [5.74, 6) is 1.44. The number of hydrogen-bond donors (Lipinski definition) is 1. The van der Waals surface area contributed by atoms with Crippen LogP contribution in [0.15, 0.2) is 42.5 Å². The van der Waals surface area contributed by atoms with Crippen LogP contribution in [0.25, 0.3) is 0 Å². The van der Waals surface area contributed by atoms with Gasteiger partial charge in [0.1, 0.15) is 11.5 Å². The normalized spacial score (nSPS) is 11.6. The topological polar surface area (TPSA) is 50.8 Å². The number of para-hydroxylation sites is 1. The lowest BCUT2D eigenvalue weighted by atomic mass is 10.1. The first kappa shape index (κ1) is 18.9. The molecule has 2 aromatic rings. The maximum absolute atomic E-state index is 12.5. The van der Waals surface area contributed by atoms with Crippen molar-refractivity contribution in [2.75, 3.05) is 21.3 Å². The number of nitrogens with zero attached hydrogens (tertiary/aromatic N) is 1. The van der Waals surface area contributed by atoms with Gasteiger partial charge in [-0.2, -0.15) is 0 Å². The van der Waals surface area contributed by atoms with Crippen molar-refractivity contribution in [3.05, 3.63) is 58.6 Å². The van der Waals surface area contributed by atoms with E-state index in [1.807, 2.05) is 31.2 Å². The molecule has 25 heavy (non-hydrogen) atoms. The van der Waals surface area contributed by atoms with Gasteiger partial charge in [0, 0.05) is 29.7 Å². The number of urea groups is 1. The van der Waals surface area contributed by atoms with Gasteiger partial charge in [0.2, 0.25) is 0 Å². The Morgan fingerprint density at radius 1 is 1.16 bits per heavy atom. The molecule has 0 aliphatic carbocycles. The maximum Gasteiger partial charge on any atom is 0.317 e. The third-order valence-corrected chi connectivity index (χ3v) is 4.40. The van der Waals surface area contributed by atoms with Gasteiger partial charge < -0.3 is 19.7 Å². The molecule has 0 heterocycles. The van der Waals surface area contributed by atoms with Crippen molar-refractivity contribution in [2.45, 2.75) is 19.5 Å². The number of amides is 2. The Kier molecular flexibility index (Phi) is 6.53. The Labute approximate surface area is 153 Å². The van der Waals surface area contributed by atoms with E-state index in [0.29, 0.717) is 17.3 Å². The molecule has 2 amide bonds. The molecular formula is C19H23ClN2O3. The van der Waals surface area contributed by atoms with Crippen LogP contribution in [-0.4, -0.2) is 32.2 Å². The molecule has 0 saturated heterocycles. The smallest absolute Gasteiger partial charge is 0.317 e. The number of hydrogen-bond acceptors (Lipinski definition) is 3. The minimum absolute atomic E-state index is 0.141. The highest BCUT2D eigenvalue weighted by Gasteiger charge is 2.20. The largest absolute Gasteiger partial charge is 0.496 e. The van der Waals surface area contributed by atoms with Gasteiger partial charge >= 0.3 is 6.03 Å². The van der Waals surface area contributed by atoms with E-state index in [1.165, 1.54) is 0 Å². The summed E-state index contributed by atoms with van der Waals surface area (Å²) in [5.41, 5.74) is 1.77. The fraction of sp³-hybridized carbons (Fsp3) is 0.316. The van der Waals surface area contributed by atoms with Gasteiger partial charge in [0.05, 0.1) is 20.3 Å². The molecule has 2 aromatic carbocycles. The Balaban J connectivity index is 2.06. The van der Waals surface area contributed by atoms with E-state index in [0.717, 1.165) is 16.9 Å². The van der Waals surface area contributed by atoms with Gasteiger partial charge in [-0.15, -0.1) is 0 Å². The summed E-state index contributed by atoms with van der Waals surface area (Å²) in [7, 11) is 4.96. The van der Waals surface area contributed by atoms with E-state index in [1.54, 1.807) is 44.4 Å². The maximum atomic E-state index is 12.5. The van der Waals surface area contributed by atoms with E-state index in [2.05, 4.69) is 5.32 Å². The van der Waals surface area contributed by atoms with Crippen molar-refractivity contribution in [1.29, 1.82) is 0 Å². The lowest BCUT2D eigenvalue weighted by molar-refractivity contribution is 0.193. The number of methoxy groups -OCH3 is 2. The van der Waals surface area contributed by atoms with E-state index in [4.69, 9.17) is 21.1 Å². The molecule has 0 saturated carbocycles. The van der Waals surface area contributed by atoms with Crippen LogP contribution in [-0.2, 0) is 6.54 Å². The van der Waals surface area contributed by atoms with E-state index in [9.17, 15) is 4.79 Å². The van der Waals surface area contributed by atoms with Crippen LogP contribution in [0, 0.1) is 0 Å². The highest BCUT2D eigenvalue weighted by Crippen LogP contribution is 2.28. The molecule has 1 N–H and O–H groups in total. The van der Waals surface area contributed by atoms with Crippen LogP contribution in [0.3, 0.4) is 0 Å². The van der Waals surface area contributed by atoms with Gasteiger partial charge in [-0.1, -0.05) is 29.8 Å². The molecule has 0 aliphatic heterocycles. The van der Waals surface area contributed by atoms with Gasteiger partial charge in [0.15, 0.2) is 0 Å². The molecule has 0 fully saturated rings. The number of nitrogens with one attached hydrogen (secondary N) is 1. The van der Waals surface area contributed by atoms with Crippen molar-refractivity contribution >= 4 is 17.6 Å². The number of carbonyl (C=O) groups excluding carboxylic acids is 1. The average molecular weight is 363 g/mol. The van der Waals surface area contributed by atoms with Crippen LogP contribution in [0.5, 0.6) is 11.5 Å². The Bertz CT molecular complexity index is 736. The van der Waals surface area contributed by atoms with Gasteiger partial charge in [-0.05, 0) is 31.2 Å². The quantitative estimate of drug-likeness (QED) is 0.835. The second kappa shape index (κ2) is 8.62. The monoisotopic (exact) mass is 362 g/mol. The van der Waals surface area contributed by atoms with Gasteiger partial charge in [0.25, 0.3) is 0 Å². The predicted molar refractivity (Wildman–Crippen MR) is 99.4 cm³/mol. The molecule has 2 rings (SSSR count). The van der Waals surface area contributed by atoms with E-state index in [-0.39, 0.29) is 12.1 Å². The highest BCUT2D eigenvalue weighted by molar-refractivity contribution is 6.30. The third kappa shape index (κ3) is 4.57. The third-order valence-electron chi connectivity index (χ3n) is 4.16. The van der Waals surface area contributed by atoms with Crippen LogP contribution >= 0.6 is 11.6 Å². The standard InChI is InChI=1S/C19H23ClN2O3/c1-13(16-7-5-6-8-18(16)25-4)22(2)19(23)21-12-14-11-15(20)9-10-17(14)24-3/h5-11,13H,12H2,1-4H3,(H,21,23).